The molecule has 1 amide bonds. The highest BCUT2D eigenvalue weighted by Crippen LogP contribution is 2.31. The SMILES string of the molecule is COc1ccc(OCC(=O)Nc2cc(-c3ccc(OC)cc3)nn2C2CCS(=O)(=O)C2)cc1. The van der Waals surface area contributed by atoms with Crippen LogP contribution in [0.3, 0.4) is 0 Å². The van der Waals surface area contributed by atoms with E-state index in [-0.39, 0.29) is 30.1 Å². The number of carbonyl (C=O) groups excluding carboxylic acids is 1. The molecule has 3 aromatic rings. The zero-order valence-electron chi connectivity index (χ0n) is 18.4. The van der Waals surface area contributed by atoms with Gasteiger partial charge in [0, 0.05) is 11.6 Å². The highest BCUT2D eigenvalue weighted by molar-refractivity contribution is 7.91. The van der Waals surface area contributed by atoms with Crippen molar-refractivity contribution in [1.29, 1.82) is 0 Å². The summed E-state index contributed by atoms with van der Waals surface area (Å²) in [5, 5.41) is 7.43. The van der Waals surface area contributed by atoms with Crippen LogP contribution < -0.4 is 19.5 Å². The largest absolute Gasteiger partial charge is 0.497 e. The molecule has 0 radical (unpaired) electrons. The van der Waals surface area contributed by atoms with Gasteiger partial charge in [-0.1, -0.05) is 0 Å². The Labute approximate surface area is 192 Å². The first-order valence-electron chi connectivity index (χ1n) is 10.4. The number of methoxy groups -OCH3 is 2. The van der Waals surface area contributed by atoms with Crippen molar-refractivity contribution in [1.82, 2.24) is 9.78 Å². The van der Waals surface area contributed by atoms with E-state index >= 15 is 0 Å². The summed E-state index contributed by atoms with van der Waals surface area (Å²) in [5.41, 5.74) is 1.44. The number of amides is 1. The molecule has 33 heavy (non-hydrogen) atoms. The number of hydrogen-bond donors (Lipinski definition) is 1. The third-order valence-electron chi connectivity index (χ3n) is 5.37. The van der Waals surface area contributed by atoms with Gasteiger partial charge in [0.2, 0.25) is 0 Å². The van der Waals surface area contributed by atoms with Gasteiger partial charge in [-0.15, -0.1) is 0 Å². The molecule has 4 rings (SSSR count). The maximum atomic E-state index is 12.6. The molecule has 1 unspecified atom stereocenters. The Kier molecular flexibility index (Phi) is 6.55. The number of hydrogen-bond acceptors (Lipinski definition) is 7. The predicted molar refractivity (Wildman–Crippen MR) is 124 cm³/mol. The van der Waals surface area contributed by atoms with Gasteiger partial charge in [-0.2, -0.15) is 5.10 Å². The van der Waals surface area contributed by atoms with Gasteiger partial charge in [0.15, 0.2) is 16.4 Å². The van der Waals surface area contributed by atoms with Gasteiger partial charge in [0.25, 0.3) is 5.91 Å². The number of aromatic nitrogens is 2. The summed E-state index contributed by atoms with van der Waals surface area (Å²) < 4.78 is 41.5. The van der Waals surface area contributed by atoms with E-state index in [4.69, 9.17) is 14.2 Å². The first-order chi connectivity index (χ1) is 15.9. The van der Waals surface area contributed by atoms with Crippen LogP contribution in [-0.2, 0) is 14.6 Å². The second-order valence-corrected chi connectivity index (χ2v) is 9.89. The van der Waals surface area contributed by atoms with E-state index in [1.54, 1.807) is 49.2 Å². The first kappa shape index (κ1) is 22.7. The Morgan fingerprint density at radius 2 is 1.64 bits per heavy atom. The molecule has 1 fully saturated rings. The molecule has 1 aliphatic heterocycles. The fourth-order valence-electron chi connectivity index (χ4n) is 3.64. The number of nitrogens with one attached hydrogen (secondary N) is 1. The summed E-state index contributed by atoms with van der Waals surface area (Å²) in [7, 11) is 0.0306. The highest BCUT2D eigenvalue weighted by Gasteiger charge is 2.31. The summed E-state index contributed by atoms with van der Waals surface area (Å²) in [6.45, 7) is -0.210. The molecule has 10 heteroatoms. The third-order valence-corrected chi connectivity index (χ3v) is 7.12. The van der Waals surface area contributed by atoms with Crippen LogP contribution >= 0.6 is 0 Å². The van der Waals surface area contributed by atoms with Gasteiger partial charge < -0.3 is 19.5 Å². The van der Waals surface area contributed by atoms with Crippen LogP contribution in [0, 0.1) is 0 Å². The molecular weight excluding hydrogens is 446 g/mol. The number of sulfone groups is 1. The summed E-state index contributed by atoms with van der Waals surface area (Å²) >= 11 is 0. The fraction of sp³-hybridized carbons (Fsp3) is 0.304. The molecule has 1 aliphatic rings. The number of rotatable bonds is 8. The van der Waals surface area contributed by atoms with Crippen molar-refractivity contribution in [3.05, 3.63) is 54.6 Å². The quantitative estimate of drug-likeness (QED) is 0.538. The third kappa shape index (κ3) is 5.46. The van der Waals surface area contributed by atoms with Crippen LogP contribution in [0.5, 0.6) is 17.2 Å². The Morgan fingerprint density at radius 1 is 1.03 bits per heavy atom. The van der Waals surface area contributed by atoms with Crippen molar-refractivity contribution in [2.45, 2.75) is 12.5 Å². The van der Waals surface area contributed by atoms with Crippen LogP contribution in [0.1, 0.15) is 12.5 Å². The fourth-order valence-corrected chi connectivity index (χ4v) is 5.33. The molecule has 2 aromatic carbocycles. The molecule has 174 valence electrons. The number of ether oxygens (including phenoxy) is 3. The molecule has 1 atom stereocenters. The van der Waals surface area contributed by atoms with Gasteiger partial charge >= 0.3 is 0 Å². The van der Waals surface area contributed by atoms with E-state index in [0.717, 1.165) is 5.56 Å². The predicted octanol–water partition coefficient (Wildman–Crippen LogP) is 2.94. The molecule has 0 spiro atoms. The van der Waals surface area contributed by atoms with Gasteiger partial charge in [0.1, 0.15) is 23.1 Å². The minimum Gasteiger partial charge on any atom is -0.497 e. The molecule has 2 heterocycles. The van der Waals surface area contributed by atoms with E-state index < -0.39 is 9.84 Å². The second-order valence-electron chi connectivity index (χ2n) is 7.66. The number of nitrogens with zero attached hydrogens (tertiary/aromatic N) is 2. The van der Waals surface area contributed by atoms with Crippen molar-refractivity contribution < 1.29 is 27.4 Å². The molecule has 0 aliphatic carbocycles. The standard InChI is InChI=1S/C23H25N3O6S/c1-30-18-5-3-16(4-6-18)21-13-22(26(25-21)17-11-12-33(28,29)15-17)24-23(27)14-32-20-9-7-19(31-2)8-10-20/h3-10,13,17H,11-12,14-15H2,1-2H3,(H,24,27). The van der Waals surface area contributed by atoms with Gasteiger partial charge in [-0.3, -0.25) is 4.79 Å². The minimum atomic E-state index is -3.13. The number of benzene rings is 2. The molecular formula is C23H25N3O6S. The average molecular weight is 472 g/mol. The van der Waals surface area contributed by atoms with E-state index in [0.29, 0.717) is 35.2 Å². The maximum absolute atomic E-state index is 12.6. The number of carbonyl (C=O) groups is 1. The van der Waals surface area contributed by atoms with Crippen molar-refractivity contribution in [2.24, 2.45) is 0 Å². The van der Waals surface area contributed by atoms with E-state index in [1.165, 1.54) is 0 Å². The van der Waals surface area contributed by atoms with Crippen LogP contribution in [0.25, 0.3) is 11.3 Å². The van der Waals surface area contributed by atoms with Crippen molar-refractivity contribution in [3.8, 4) is 28.5 Å². The monoisotopic (exact) mass is 471 g/mol. The minimum absolute atomic E-state index is 0.0120. The molecule has 1 N–H and O–H groups in total. The molecule has 0 saturated carbocycles. The lowest BCUT2D eigenvalue weighted by Gasteiger charge is -2.14. The smallest absolute Gasteiger partial charge is 0.263 e. The second kappa shape index (κ2) is 9.53. The Hall–Kier alpha value is -3.53. The molecule has 0 bridgehead atoms. The van der Waals surface area contributed by atoms with Crippen molar-refractivity contribution in [2.75, 3.05) is 37.6 Å². The van der Waals surface area contributed by atoms with E-state index in [1.807, 2.05) is 24.3 Å². The van der Waals surface area contributed by atoms with Crippen LogP contribution in [0.15, 0.2) is 54.6 Å². The van der Waals surface area contributed by atoms with Gasteiger partial charge in [-0.25, -0.2) is 13.1 Å². The zero-order chi connectivity index (χ0) is 23.4. The van der Waals surface area contributed by atoms with E-state index in [9.17, 15) is 13.2 Å². The highest BCUT2D eigenvalue weighted by atomic mass is 32.2. The van der Waals surface area contributed by atoms with E-state index in [2.05, 4.69) is 10.4 Å². The molecule has 9 nitrogen and oxygen atoms in total. The Morgan fingerprint density at radius 3 is 2.21 bits per heavy atom. The number of anilines is 1. The average Bonchev–Trinajstić information content (AvgIpc) is 3.40. The van der Waals surface area contributed by atoms with Gasteiger partial charge in [-0.05, 0) is 55.0 Å². The lowest BCUT2D eigenvalue weighted by molar-refractivity contribution is -0.118. The van der Waals surface area contributed by atoms with Crippen LogP contribution in [-0.4, -0.2) is 56.4 Å². The summed E-state index contributed by atoms with van der Waals surface area (Å²) in [5.74, 6) is 2.06. The lowest BCUT2D eigenvalue weighted by Crippen LogP contribution is -2.23. The Balaban J connectivity index is 1.52. The lowest BCUT2D eigenvalue weighted by atomic mass is 10.1. The van der Waals surface area contributed by atoms with Crippen molar-refractivity contribution >= 4 is 21.6 Å². The Bertz CT molecular complexity index is 1220. The van der Waals surface area contributed by atoms with Gasteiger partial charge in [0.05, 0.1) is 37.5 Å². The zero-order valence-corrected chi connectivity index (χ0v) is 19.2. The first-order valence-corrected chi connectivity index (χ1v) is 12.2. The molecule has 1 aromatic heterocycles. The molecule has 1 saturated heterocycles. The normalized spacial score (nSPS) is 16.8. The van der Waals surface area contributed by atoms with Crippen LogP contribution in [0.2, 0.25) is 0 Å². The summed E-state index contributed by atoms with van der Waals surface area (Å²) in [6, 6.07) is 15.6. The topological polar surface area (TPSA) is 109 Å². The maximum Gasteiger partial charge on any atom is 0.263 e. The van der Waals surface area contributed by atoms with Crippen LogP contribution in [0.4, 0.5) is 5.82 Å². The van der Waals surface area contributed by atoms with Crippen molar-refractivity contribution in [3.63, 3.8) is 0 Å². The summed E-state index contributed by atoms with van der Waals surface area (Å²) in [6.07, 6.45) is 0.442. The summed E-state index contributed by atoms with van der Waals surface area (Å²) in [4.78, 5) is 12.6.